The van der Waals surface area contributed by atoms with Gasteiger partial charge in [-0.05, 0) is 38.8 Å². The molecule has 0 saturated heterocycles. The summed E-state index contributed by atoms with van der Waals surface area (Å²) in [6.07, 6.45) is 9.26. The van der Waals surface area contributed by atoms with E-state index < -0.39 is 0 Å². The zero-order valence-electron chi connectivity index (χ0n) is 10.8. The van der Waals surface area contributed by atoms with Gasteiger partial charge in [0.25, 0.3) is 0 Å². The van der Waals surface area contributed by atoms with Crippen LogP contribution in [0.2, 0.25) is 0 Å². The lowest BCUT2D eigenvalue weighted by Gasteiger charge is -2.12. The summed E-state index contributed by atoms with van der Waals surface area (Å²) in [5.41, 5.74) is 3.44. The first kappa shape index (κ1) is 12.7. The lowest BCUT2D eigenvalue weighted by molar-refractivity contribution is 0.545. The van der Waals surface area contributed by atoms with E-state index >= 15 is 0 Å². The predicted molar refractivity (Wildman–Crippen MR) is 70.1 cm³/mol. The molecule has 2 aromatic heterocycles. The SMILES string of the molecule is Cc1[nH]ncc1CCCNC(C)c1cnccn1. The van der Waals surface area contributed by atoms with Gasteiger partial charge in [0, 0.05) is 30.3 Å². The van der Waals surface area contributed by atoms with Crippen LogP contribution in [0.15, 0.2) is 24.8 Å². The number of hydrogen-bond donors (Lipinski definition) is 2. The molecule has 1 atom stereocenters. The molecule has 0 aliphatic heterocycles. The second kappa shape index (κ2) is 6.26. The molecule has 96 valence electrons. The summed E-state index contributed by atoms with van der Waals surface area (Å²) in [7, 11) is 0. The molecule has 0 spiro atoms. The smallest absolute Gasteiger partial charge is 0.0753 e. The van der Waals surface area contributed by atoms with Gasteiger partial charge in [-0.25, -0.2) is 0 Å². The predicted octanol–water partition coefficient (Wildman–Crippen LogP) is 1.79. The van der Waals surface area contributed by atoms with Gasteiger partial charge >= 0.3 is 0 Å². The van der Waals surface area contributed by atoms with Crippen LogP contribution in [0.3, 0.4) is 0 Å². The molecule has 2 rings (SSSR count). The fraction of sp³-hybridized carbons (Fsp3) is 0.462. The molecule has 5 nitrogen and oxygen atoms in total. The Balaban J connectivity index is 1.71. The molecule has 2 heterocycles. The van der Waals surface area contributed by atoms with Gasteiger partial charge < -0.3 is 5.32 Å². The van der Waals surface area contributed by atoms with E-state index in [2.05, 4.69) is 39.3 Å². The summed E-state index contributed by atoms with van der Waals surface area (Å²) in [6.45, 7) is 5.12. The van der Waals surface area contributed by atoms with Crippen LogP contribution in [0.5, 0.6) is 0 Å². The highest BCUT2D eigenvalue weighted by Crippen LogP contribution is 2.08. The molecule has 5 heteroatoms. The molecule has 18 heavy (non-hydrogen) atoms. The van der Waals surface area contributed by atoms with E-state index in [0.717, 1.165) is 30.8 Å². The summed E-state index contributed by atoms with van der Waals surface area (Å²) in [4.78, 5) is 8.35. The van der Waals surface area contributed by atoms with Crippen molar-refractivity contribution in [1.82, 2.24) is 25.5 Å². The first-order chi connectivity index (χ1) is 8.77. The molecule has 1 unspecified atom stereocenters. The van der Waals surface area contributed by atoms with Crippen molar-refractivity contribution in [2.45, 2.75) is 32.7 Å². The normalized spacial score (nSPS) is 12.6. The summed E-state index contributed by atoms with van der Waals surface area (Å²) in [5, 5.41) is 10.4. The average molecular weight is 245 g/mol. The third kappa shape index (κ3) is 3.37. The Kier molecular flexibility index (Phi) is 4.41. The lowest BCUT2D eigenvalue weighted by Crippen LogP contribution is -2.21. The highest BCUT2D eigenvalue weighted by molar-refractivity contribution is 5.14. The number of rotatable bonds is 6. The maximum absolute atomic E-state index is 4.28. The third-order valence-electron chi connectivity index (χ3n) is 3.03. The number of hydrogen-bond acceptors (Lipinski definition) is 4. The number of nitrogens with one attached hydrogen (secondary N) is 2. The van der Waals surface area contributed by atoms with Crippen molar-refractivity contribution in [3.63, 3.8) is 0 Å². The number of aryl methyl sites for hydroxylation is 2. The van der Waals surface area contributed by atoms with E-state index in [0.29, 0.717) is 0 Å². The van der Waals surface area contributed by atoms with E-state index in [9.17, 15) is 0 Å². The highest BCUT2D eigenvalue weighted by atomic mass is 15.1. The summed E-state index contributed by atoms with van der Waals surface area (Å²) in [5.74, 6) is 0. The van der Waals surface area contributed by atoms with Crippen molar-refractivity contribution in [3.8, 4) is 0 Å². The molecule has 0 amide bonds. The maximum Gasteiger partial charge on any atom is 0.0753 e. The fourth-order valence-corrected chi connectivity index (χ4v) is 1.86. The highest BCUT2D eigenvalue weighted by Gasteiger charge is 2.05. The first-order valence-corrected chi connectivity index (χ1v) is 6.25. The Bertz CT molecular complexity index is 465. The molecule has 0 aromatic carbocycles. The molecular formula is C13H19N5. The minimum Gasteiger partial charge on any atom is -0.309 e. The number of aromatic amines is 1. The Morgan fingerprint density at radius 1 is 1.33 bits per heavy atom. The maximum atomic E-state index is 4.28. The molecule has 2 aromatic rings. The van der Waals surface area contributed by atoms with Crippen molar-refractivity contribution in [2.24, 2.45) is 0 Å². The molecule has 0 aliphatic carbocycles. The minimum absolute atomic E-state index is 0.240. The molecule has 0 radical (unpaired) electrons. The van der Waals surface area contributed by atoms with Gasteiger partial charge in [0.15, 0.2) is 0 Å². The van der Waals surface area contributed by atoms with Crippen LogP contribution < -0.4 is 5.32 Å². The zero-order chi connectivity index (χ0) is 12.8. The van der Waals surface area contributed by atoms with Gasteiger partial charge in [0.2, 0.25) is 0 Å². The van der Waals surface area contributed by atoms with E-state index in [1.165, 1.54) is 5.56 Å². The summed E-state index contributed by atoms with van der Waals surface area (Å²) in [6, 6.07) is 0.240. The standard InChI is InChI=1S/C13H19N5/c1-10-12(8-17-18-10)4-3-5-15-11(2)13-9-14-6-7-16-13/h6-9,11,15H,3-5H2,1-2H3,(H,17,18). The van der Waals surface area contributed by atoms with Gasteiger partial charge in [0.1, 0.15) is 0 Å². The van der Waals surface area contributed by atoms with Crippen molar-refractivity contribution >= 4 is 0 Å². The van der Waals surface area contributed by atoms with Crippen LogP contribution in [-0.4, -0.2) is 26.7 Å². The van der Waals surface area contributed by atoms with Crippen LogP contribution in [-0.2, 0) is 6.42 Å². The largest absolute Gasteiger partial charge is 0.309 e. The van der Waals surface area contributed by atoms with Crippen LogP contribution in [0.1, 0.15) is 36.3 Å². The monoisotopic (exact) mass is 245 g/mol. The summed E-state index contributed by atoms with van der Waals surface area (Å²) < 4.78 is 0. The minimum atomic E-state index is 0.240. The van der Waals surface area contributed by atoms with E-state index in [1.54, 1.807) is 18.6 Å². The summed E-state index contributed by atoms with van der Waals surface area (Å²) >= 11 is 0. The van der Waals surface area contributed by atoms with Crippen LogP contribution in [0.25, 0.3) is 0 Å². The van der Waals surface area contributed by atoms with Crippen LogP contribution in [0, 0.1) is 6.92 Å². The van der Waals surface area contributed by atoms with Crippen molar-refractivity contribution in [3.05, 3.63) is 41.7 Å². The molecule has 0 bridgehead atoms. The van der Waals surface area contributed by atoms with Crippen molar-refractivity contribution in [2.75, 3.05) is 6.54 Å². The second-order valence-electron chi connectivity index (χ2n) is 4.43. The molecule has 0 fully saturated rings. The fourth-order valence-electron chi connectivity index (χ4n) is 1.86. The van der Waals surface area contributed by atoms with Crippen LogP contribution in [0.4, 0.5) is 0 Å². The average Bonchev–Trinajstić information content (AvgIpc) is 2.81. The quantitative estimate of drug-likeness (QED) is 0.761. The third-order valence-corrected chi connectivity index (χ3v) is 3.03. The Morgan fingerprint density at radius 3 is 2.89 bits per heavy atom. The van der Waals surface area contributed by atoms with E-state index in [-0.39, 0.29) is 6.04 Å². The second-order valence-corrected chi connectivity index (χ2v) is 4.43. The van der Waals surface area contributed by atoms with Gasteiger partial charge in [-0.15, -0.1) is 0 Å². The Labute approximate surface area is 107 Å². The van der Waals surface area contributed by atoms with Gasteiger partial charge in [-0.3, -0.25) is 15.1 Å². The lowest BCUT2D eigenvalue weighted by atomic mass is 10.1. The van der Waals surface area contributed by atoms with Gasteiger partial charge in [-0.1, -0.05) is 0 Å². The molecule has 0 saturated carbocycles. The van der Waals surface area contributed by atoms with Crippen molar-refractivity contribution in [1.29, 1.82) is 0 Å². The first-order valence-electron chi connectivity index (χ1n) is 6.25. The Hall–Kier alpha value is -1.75. The number of aromatic nitrogens is 4. The van der Waals surface area contributed by atoms with E-state index in [1.807, 2.05) is 6.20 Å². The number of H-pyrrole nitrogens is 1. The van der Waals surface area contributed by atoms with Crippen molar-refractivity contribution < 1.29 is 0 Å². The van der Waals surface area contributed by atoms with E-state index in [4.69, 9.17) is 0 Å². The molecule has 0 aliphatic rings. The van der Waals surface area contributed by atoms with Gasteiger partial charge in [0.05, 0.1) is 11.9 Å². The molecular weight excluding hydrogens is 226 g/mol. The Morgan fingerprint density at radius 2 is 2.22 bits per heavy atom. The molecule has 2 N–H and O–H groups in total. The topological polar surface area (TPSA) is 66.5 Å². The van der Waals surface area contributed by atoms with Crippen LogP contribution >= 0.6 is 0 Å². The zero-order valence-corrected chi connectivity index (χ0v) is 10.8. The van der Waals surface area contributed by atoms with Gasteiger partial charge in [-0.2, -0.15) is 5.10 Å². The number of nitrogens with zero attached hydrogens (tertiary/aromatic N) is 3.